The van der Waals surface area contributed by atoms with Crippen LogP contribution in [0.25, 0.3) is 0 Å². The zero-order chi connectivity index (χ0) is 23.2. The average molecular weight is 530 g/mol. The molecule has 0 aliphatic carbocycles. The Bertz CT molecular complexity index is 920. The van der Waals surface area contributed by atoms with Crippen molar-refractivity contribution < 1.29 is 24.5 Å². The number of anilines is 2. The Balaban J connectivity index is 0.00000216. The summed E-state index contributed by atoms with van der Waals surface area (Å²) < 4.78 is 11.1. The molecular weight excluding hydrogens is 497 g/mol. The van der Waals surface area contributed by atoms with Gasteiger partial charge in [-0.3, -0.25) is 4.90 Å². The van der Waals surface area contributed by atoms with E-state index in [9.17, 15) is 15.0 Å². The van der Waals surface area contributed by atoms with Crippen LogP contribution in [0, 0.1) is 0 Å². The van der Waals surface area contributed by atoms with Crippen molar-refractivity contribution in [2.75, 3.05) is 56.7 Å². The van der Waals surface area contributed by atoms with E-state index in [0.29, 0.717) is 24.5 Å². The van der Waals surface area contributed by atoms with E-state index in [4.69, 9.17) is 9.47 Å². The van der Waals surface area contributed by atoms with Crippen molar-refractivity contribution in [1.29, 1.82) is 0 Å². The van der Waals surface area contributed by atoms with Crippen molar-refractivity contribution in [3.05, 3.63) is 48.7 Å². The third-order valence-electron chi connectivity index (χ3n) is 6.14. The quantitative estimate of drug-likeness (QED) is 0.424. The molecule has 194 valence electrons. The summed E-state index contributed by atoms with van der Waals surface area (Å²) in [5, 5.41) is 26.1. The van der Waals surface area contributed by atoms with Crippen molar-refractivity contribution in [3.63, 3.8) is 0 Å². The Morgan fingerprint density at radius 3 is 2.57 bits per heavy atom. The van der Waals surface area contributed by atoms with Gasteiger partial charge < -0.3 is 35.2 Å². The monoisotopic (exact) mass is 529 g/mol. The van der Waals surface area contributed by atoms with Gasteiger partial charge in [0, 0.05) is 50.7 Å². The topological polar surface area (TPSA) is 119 Å². The molecule has 2 aliphatic rings. The lowest BCUT2D eigenvalue weighted by Crippen LogP contribution is -2.57. The Morgan fingerprint density at radius 1 is 1.14 bits per heavy atom. The first kappa shape index (κ1) is 28.9. The van der Waals surface area contributed by atoms with Gasteiger partial charge in [-0.1, -0.05) is 12.1 Å². The molecule has 2 saturated heterocycles. The third-order valence-corrected chi connectivity index (χ3v) is 6.14. The number of piperazine rings is 1. The van der Waals surface area contributed by atoms with Crippen LogP contribution in [0.1, 0.15) is 0 Å². The maximum atomic E-state index is 12.4. The molecule has 0 radical (unpaired) electrons. The maximum absolute atomic E-state index is 12.4. The molecule has 1 aromatic heterocycles. The van der Waals surface area contributed by atoms with Crippen molar-refractivity contribution in [2.45, 2.75) is 24.4 Å². The summed E-state index contributed by atoms with van der Waals surface area (Å²) in [4.78, 5) is 21.2. The summed E-state index contributed by atoms with van der Waals surface area (Å²) >= 11 is 0. The van der Waals surface area contributed by atoms with Crippen LogP contribution in [0.15, 0.2) is 48.7 Å². The van der Waals surface area contributed by atoms with Crippen LogP contribution >= 0.6 is 24.8 Å². The van der Waals surface area contributed by atoms with Gasteiger partial charge in [0.05, 0.1) is 25.9 Å². The molecule has 1 aromatic carbocycles. The van der Waals surface area contributed by atoms with Crippen LogP contribution in [0.2, 0.25) is 0 Å². The Labute approximate surface area is 217 Å². The van der Waals surface area contributed by atoms with Crippen LogP contribution in [0.3, 0.4) is 0 Å². The highest BCUT2D eigenvalue weighted by Gasteiger charge is 2.46. The number of ether oxygens (including phenoxy) is 2. The van der Waals surface area contributed by atoms with Crippen LogP contribution < -0.4 is 20.3 Å². The smallest absolute Gasteiger partial charge is 0.319 e. The van der Waals surface area contributed by atoms with Gasteiger partial charge in [-0.05, 0) is 24.3 Å². The highest BCUT2D eigenvalue weighted by Crippen LogP contribution is 2.27. The molecule has 0 unspecified atom stereocenters. The summed E-state index contributed by atoms with van der Waals surface area (Å²) in [6.45, 7) is 2.88. The number of benzene rings is 1. The Hall–Kier alpha value is -2.34. The fraction of sp³-hybridized carbons (Fsp3) is 0.478. The second kappa shape index (κ2) is 13.7. The van der Waals surface area contributed by atoms with Crippen LogP contribution in [0.5, 0.6) is 5.75 Å². The molecule has 2 aromatic rings. The Kier molecular flexibility index (Phi) is 11.3. The fourth-order valence-corrected chi connectivity index (χ4v) is 4.46. The summed E-state index contributed by atoms with van der Waals surface area (Å²) in [6.07, 6.45) is -0.197. The number of urea groups is 1. The number of carbonyl (C=O) groups is 1. The first-order chi connectivity index (χ1) is 16.1. The molecule has 0 spiro atoms. The second-order valence-corrected chi connectivity index (χ2v) is 8.15. The number of amides is 2. The van der Waals surface area contributed by atoms with E-state index in [1.54, 1.807) is 37.6 Å². The largest absolute Gasteiger partial charge is 0.497 e. The summed E-state index contributed by atoms with van der Waals surface area (Å²) in [6, 6.07) is 12.2. The number of hydrogen-bond donors (Lipinski definition) is 4. The van der Waals surface area contributed by atoms with Crippen LogP contribution in [0.4, 0.5) is 16.3 Å². The summed E-state index contributed by atoms with van der Waals surface area (Å²) in [5.41, 5.74) is 0.606. The molecule has 35 heavy (non-hydrogen) atoms. The number of nitrogens with one attached hydrogen (secondary N) is 2. The van der Waals surface area contributed by atoms with Gasteiger partial charge in [0.15, 0.2) is 0 Å². The molecule has 2 fully saturated rings. The first-order valence-electron chi connectivity index (χ1n) is 11.1. The van der Waals surface area contributed by atoms with Gasteiger partial charge in [-0.25, -0.2) is 9.78 Å². The third kappa shape index (κ3) is 7.09. The number of aliphatic hydroxyl groups is 2. The molecule has 4 atom stereocenters. The predicted octanol–water partition coefficient (Wildman–Crippen LogP) is 1.37. The van der Waals surface area contributed by atoms with E-state index >= 15 is 0 Å². The lowest BCUT2D eigenvalue weighted by molar-refractivity contribution is -0.0205. The average Bonchev–Trinajstić information content (AvgIpc) is 3.18. The minimum atomic E-state index is -0.843. The molecule has 10 nitrogen and oxygen atoms in total. The van der Waals surface area contributed by atoms with Gasteiger partial charge in [0.25, 0.3) is 0 Å². The van der Waals surface area contributed by atoms with Crippen LogP contribution in [-0.2, 0) is 4.74 Å². The van der Waals surface area contributed by atoms with E-state index in [1.165, 1.54) is 0 Å². The number of hydrogen-bond acceptors (Lipinski definition) is 8. The van der Waals surface area contributed by atoms with Crippen molar-refractivity contribution in [3.8, 4) is 5.75 Å². The zero-order valence-electron chi connectivity index (χ0n) is 19.4. The van der Waals surface area contributed by atoms with Crippen molar-refractivity contribution in [2.24, 2.45) is 0 Å². The van der Waals surface area contributed by atoms with E-state index in [-0.39, 0.29) is 50.0 Å². The molecular formula is C23H33Cl2N5O5. The molecule has 2 amide bonds. The number of carbonyl (C=O) groups excluding carboxylic acids is 1. The SMILES string of the molecule is COc1cccc(NC(=O)NC[C@H]2O[C@@H](CO)[C@@H](O)[C@H]2N2CCN(c3ccccn3)CC2)c1.Cl.Cl. The lowest BCUT2D eigenvalue weighted by Gasteiger charge is -2.40. The summed E-state index contributed by atoms with van der Waals surface area (Å²) in [7, 11) is 1.57. The number of aromatic nitrogens is 1. The van der Waals surface area contributed by atoms with E-state index in [2.05, 4.69) is 25.4 Å². The minimum absolute atomic E-state index is 0. The molecule has 0 bridgehead atoms. The van der Waals surface area contributed by atoms with E-state index in [0.717, 1.165) is 18.9 Å². The number of nitrogens with zero attached hydrogens (tertiary/aromatic N) is 3. The molecule has 0 saturated carbocycles. The highest BCUT2D eigenvalue weighted by atomic mass is 35.5. The van der Waals surface area contributed by atoms with E-state index in [1.807, 2.05) is 18.2 Å². The van der Waals surface area contributed by atoms with Gasteiger partial charge in [-0.15, -0.1) is 24.8 Å². The van der Waals surface area contributed by atoms with Gasteiger partial charge >= 0.3 is 6.03 Å². The lowest BCUT2D eigenvalue weighted by atomic mass is 10.0. The molecule has 3 heterocycles. The highest BCUT2D eigenvalue weighted by molar-refractivity contribution is 5.89. The van der Waals surface area contributed by atoms with Crippen molar-refractivity contribution >= 4 is 42.4 Å². The predicted molar refractivity (Wildman–Crippen MR) is 138 cm³/mol. The van der Waals surface area contributed by atoms with Gasteiger partial charge in [0.2, 0.25) is 0 Å². The Morgan fingerprint density at radius 2 is 1.91 bits per heavy atom. The number of pyridine rings is 1. The standard InChI is InChI=1S/C23H31N5O5.2ClH/c1-32-17-6-4-5-16(13-17)26-23(31)25-14-18-21(22(30)19(15-29)33-18)28-11-9-27(10-12-28)20-7-2-3-8-24-20;;/h2-8,13,18-19,21-22,29-30H,9-12,14-15H2,1H3,(H2,25,26,31);2*1H/t18-,19+,21+,22-;;/m1../s1. The number of rotatable bonds is 7. The van der Waals surface area contributed by atoms with Crippen LogP contribution in [-0.4, -0.2) is 96.9 Å². The molecule has 2 aliphatic heterocycles. The maximum Gasteiger partial charge on any atom is 0.319 e. The number of methoxy groups -OCH3 is 1. The van der Waals surface area contributed by atoms with Gasteiger partial charge in [-0.2, -0.15) is 0 Å². The number of aliphatic hydroxyl groups excluding tert-OH is 2. The van der Waals surface area contributed by atoms with Gasteiger partial charge in [0.1, 0.15) is 23.8 Å². The fourth-order valence-electron chi connectivity index (χ4n) is 4.46. The molecule has 4 N–H and O–H groups in total. The normalized spacial score (nSPS) is 24.1. The van der Waals surface area contributed by atoms with E-state index < -0.39 is 18.3 Å². The zero-order valence-corrected chi connectivity index (χ0v) is 21.1. The minimum Gasteiger partial charge on any atom is -0.497 e. The second-order valence-electron chi connectivity index (χ2n) is 8.15. The van der Waals surface area contributed by atoms with Crippen molar-refractivity contribution in [1.82, 2.24) is 15.2 Å². The first-order valence-corrected chi connectivity index (χ1v) is 11.1. The molecule has 12 heteroatoms. The molecule has 4 rings (SSSR count). The number of halogens is 2. The summed E-state index contributed by atoms with van der Waals surface area (Å²) in [5.74, 6) is 1.58.